The Bertz CT molecular complexity index is 875. The average Bonchev–Trinajstić information content (AvgIpc) is 2.51. The number of amidine groups is 1. The highest BCUT2D eigenvalue weighted by Gasteiger charge is 2.25. The van der Waals surface area contributed by atoms with Crippen LogP contribution in [0.1, 0.15) is 16.7 Å². The highest BCUT2D eigenvalue weighted by Crippen LogP contribution is 2.28. The van der Waals surface area contributed by atoms with Gasteiger partial charge < -0.3 is 15.2 Å². The lowest BCUT2D eigenvalue weighted by molar-refractivity contribution is 0.304. The van der Waals surface area contributed by atoms with Crippen molar-refractivity contribution in [3.63, 3.8) is 0 Å². The van der Waals surface area contributed by atoms with Gasteiger partial charge >= 0.3 is 0 Å². The zero-order chi connectivity index (χ0) is 16.4. The van der Waals surface area contributed by atoms with E-state index in [2.05, 4.69) is 4.40 Å². The van der Waals surface area contributed by atoms with Crippen molar-refractivity contribution in [1.82, 2.24) is 0 Å². The minimum atomic E-state index is -3.55. The zero-order valence-corrected chi connectivity index (χ0v) is 13.3. The van der Waals surface area contributed by atoms with Crippen molar-refractivity contribution in [2.45, 2.75) is 12.4 Å². The first-order valence-electron chi connectivity index (χ1n) is 6.94. The SMILES string of the molecule is COc1cccc(COc2cccc3c2C(N)=NS(=O)(=O)C3)c1. The predicted molar refractivity (Wildman–Crippen MR) is 87.1 cm³/mol. The third-order valence-corrected chi connectivity index (χ3v) is 4.62. The number of nitrogens with two attached hydrogens (primary N) is 1. The Morgan fingerprint density at radius 2 is 2.00 bits per heavy atom. The second-order valence-corrected chi connectivity index (χ2v) is 6.77. The molecule has 0 saturated heterocycles. The summed E-state index contributed by atoms with van der Waals surface area (Å²) in [6, 6.07) is 12.7. The van der Waals surface area contributed by atoms with Crippen molar-refractivity contribution in [1.29, 1.82) is 0 Å². The molecule has 0 atom stereocenters. The average molecular weight is 332 g/mol. The quantitative estimate of drug-likeness (QED) is 0.922. The van der Waals surface area contributed by atoms with Crippen molar-refractivity contribution >= 4 is 15.9 Å². The molecule has 0 radical (unpaired) electrons. The third-order valence-electron chi connectivity index (χ3n) is 3.47. The van der Waals surface area contributed by atoms with Crippen LogP contribution in [-0.2, 0) is 22.4 Å². The molecular formula is C16H16N2O4S. The molecule has 7 heteroatoms. The lowest BCUT2D eigenvalue weighted by atomic mass is 10.1. The summed E-state index contributed by atoms with van der Waals surface area (Å²) in [7, 11) is -1.95. The van der Waals surface area contributed by atoms with Crippen LogP contribution in [0.4, 0.5) is 0 Å². The molecule has 2 aromatic carbocycles. The Balaban J connectivity index is 1.88. The van der Waals surface area contributed by atoms with Gasteiger partial charge in [0, 0.05) is 0 Å². The van der Waals surface area contributed by atoms with E-state index in [9.17, 15) is 8.42 Å². The fourth-order valence-corrected chi connectivity index (χ4v) is 3.54. The third kappa shape index (κ3) is 3.29. The van der Waals surface area contributed by atoms with Crippen LogP contribution in [0.5, 0.6) is 11.5 Å². The van der Waals surface area contributed by atoms with Crippen LogP contribution in [0.15, 0.2) is 46.9 Å². The predicted octanol–water partition coefficient (Wildman–Crippen LogP) is 1.82. The number of hydrogen-bond donors (Lipinski definition) is 1. The van der Waals surface area contributed by atoms with Gasteiger partial charge in [-0.25, -0.2) is 8.42 Å². The van der Waals surface area contributed by atoms with E-state index in [1.165, 1.54) is 0 Å². The van der Waals surface area contributed by atoms with Crippen LogP contribution in [-0.4, -0.2) is 21.4 Å². The highest BCUT2D eigenvalue weighted by molar-refractivity contribution is 7.89. The number of fused-ring (bicyclic) bond motifs is 1. The van der Waals surface area contributed by atoms with Crippen molar-refractivity contribution < 1.29 is 17.9 Å². The monoisotopic (exact) mass is 332 g/mol. The molecular weight excluding hydrogens is 316 g/mol. The summed E-state index contributed by atoms with van der Waals surface area (Å²) < 4.78 is 37.9. The van der Waals surface area contributed by atoms with Crippen LogP contribution in [0, 0.1) is 0 Å². The normalized spacial score (nSPS) is 15.4. The topological polar surface area (TPSA) is 91.0 Å². The fraction of sp³-hybridized carbons (Fsp3) is 0.188. The van der Waals surface area contributed by atoms with Gasteiger partial charge in [0.1, 0.15) is 23.9 Å². The molecule has 1 aliphatic rings. The molecule has 0 aliphatic carbocycles. The summed E-state index contributed by atoms with van der Waals surface area (Å²) in [4.78, 5) is 0. The van der Waals surface area contributed by atoms with E-state index in [1.54, 1.807) is 25.3 Å². The molecule has 2 N–H and O–H groups in total. The smallest absolute Gasteiger partial charge is 0.259 e. The van der Waals surface area contributed by atoms with Crippen molar-refractivity contribution in [2.75, 3.05) is 7.11 Å². The van der Waals surface area contributed by atoms with Crippen LogP contribution in [0.3, 0.4) is 0 Å². The molecule has 0 unspecified atom stereocenters. The summed E-state index contributed by atoms with van der Waals surface area (Å²) >= 11 is 0. The first-order chi connectivity index (χ1) is 11.0. The molecule has 1 heterocycles. The molecule has 0 bridgehead atoms. The van der Waals surface area contributed by atoms with Crippen molar-refractivity contribution in [3.05, 3.63) is 59.2 Å². The lowest BCUT2D eigenvalue weighted by Gasteiger charge is -2.18. The zero-order valence-electron chi connectivity index (χ0n) is 12.5. The first kappa shape index (κ1) is 15.4. The maximum atomic E-state index is 11.7. The van der Waals surface area contributed by atoms with Gasteiger partial charge in [0.25, 0.3) is 10.0 Å². The van der Waals surface area contributed by atoms with Gasteiger partial charge in [-0.2, -0.15) is 0 Å². The molecule has 0 saturated carbocycles. The van der Waals surface area contributed by atoms with Gasteiger partial charge in [0.05, 0.1) is 18.4 Å². The number of rotatable bonds is 4. The molecule has 0 amide bonds. The van der Waals surface area contributed by atoms with Gasteiger partial charge in [0.15, 0.2) is 0 Å². The molecule has 1 aliphatic heterocycles. The lowest BCUT2D eigenvalue weighted by Crippen LogP contribution is -2.24. The van der Waals surface area contributed by atoms with Gasteiger partial charge in [-0.1, -0.05) is 24.3 Å². The second kappa shape index (κ2) is 5.92. The van der Waals surface area contributed by atoms with Crippen LogP contribution in [0.2, 0.25) is 0 Å². The number of nitrogens with zero attached hydrogens (tertiary/aromatic N) is 1. The van der Waals surface area contributed by atoms with Crippen LogP contribution >= 0.6 is 0 Å². The maximum Gasteiger partial charge on any atom is 0.259 e. The van der Waals surface area contributed by atoms with E-state index < -0.39 is 10.0 Å². The Morgan fingerprint density at radius 3 is 2.78 bits per heavy atom. The Labute approximate surface area is 134 Å². The van der Waals surface area contributed by atoms with E-state index in [4.69, 9.17) is 15.2 Å². The summed E-state index contributed by atoms with van der Waals surface area (Å²) in [5.74, 6) is 1.06. The molecule has 2 aromatic rings. The summed E-state index contributed by atoms with van der Waals surface area (Å²) in [6.07, 6.45) is 0. The summed E-state index contributed by atoms with van der Waals surface area (Å²) in [5, 5.41) is 0. The molecule has 3 rings (SSSR count). The number of methoxy groups -OCH3 is 1. The maximum absolute atomic E-state index is 11.7. The molecule has 0 aromatic heterocycles. The Kier molecular flexibility index (Phi) is 3.96. The summed E-state index contributed by atoms with van der Waals surface area (Å²) in [5.41, 5.74) is 7.88. The number of hydrogen-bond acceptors (Lipinski definition) is 5. The first-order valence-corrected chi connectivity index (χ1v) is 8.55. The van der Waals surface area contributed by atoms with Gasteiger partial charge in [-0.3, -0.25) is 0 Å². The number of benzene rings is 2. The van der Waals surface area contributed by atoms with Gasteiger partial charge in [0.2, 0.25) is 0 Å². The second-order valence-electron chi connectivity index (χ2n) is 5.13. The number of ether oxygens (including phenoxy) is 2. The minimum absolute atomic E-state index is 0.0347. The molecule has 120 valence electrons. The van der Waals surface area contributed by atoms with Crippen LogP contribution < -0.4 is 15.2 Å². The molecule has 0 fully saturated rings. The highest BCUT2D eigenvalue weighted by atomic mass is 32.2. The largest absolute Gasteiger partial charge is 0.497 e. The van der Waals surface area contributed by atoms with E-state index in [-0.39, 0.29) is 11.6 Å². The van der Waals surface area contributed by atoms with E-state index >= 15 is 0 Å². The Hall–Kier alpha value is -2.54. The van der Waals surface area contributed by atoms with Crippen LogP contribution in [0.25, 0.3) is 0 Å². The van der Waals surface area contributed by atoms with Crippen molar-refractivity contribution in [2.24, 2.45) is 10.1 Å². The molecule has 0 spiro atoms. The van der Waals surface area contributed by atoms with Gasteiger partial charge in [-0.05, 0) is 29.3 Å². The van der Waals surface area contributed by atoms with E-state index in [0.29, 0.717) is 23.5 Å². The summed E-state index contributed by atoms with van der Waals surface area (Å²) in [6.45, 7) is 0.313. The standard InChI is InChI=1S/C16H16N2O4S/c1-21-13-6-2-4-11(8-13)9-22-14-7-3-5-12-10-23(19,20)18-16(17)15(12)14/h2-8H,9-10H2,1H3,(H2,17,18). The minimum Gasteiger partial charge on any atom is -0.497 e. The number of sulfonamides is 1. The van der Waals surface area contributed by atoms with E-state index in [0.717, 1.165) is 11.3 Å². The fourth-order valence-electron chi connectivity index (χ4n) is 2.46. The van der Waals surface area contributed by atoms with E-state index in [1.807, 2.05) is 24.3 Å². The molecule has 23 heavy (non-hydrogen) atoms. The molecule has 6 nitrogen and oxygen atoms in total. The Morgan fingerprint density at radius 1 is 1.22 bits per heavy atom. The van der Waals surface area contributed by atoms with Gasteiger partial charge in [-0.15, -0.1) is 4.40 Å². The van der Waals surface area contributed by atoms with Crippen molar-refractivity contribution in [3.8, 4) is 11.5 Å².